The van der Waals surface area contributed by atoms with Crippen molar-refractivity contribution >= 4 is 11.9 Å². The van der Waals surface area contributed by atoms with E-state index in [2.05, 4.69) is 22.6 Å². The van der Waals surface area contributed by atoms with Crippen LogP contribution in [0.25, 0.3) is 0 Å². The maximum absolute atomic E-state index is 10.6. The number of rotatable bonds is 6. The van der Waals surface area contributed by atoms with E-state index in [1.807, 2.05) is 0 Å². The predicted octanol–water partition coefficient (Wildman–Crippen LogP) is 0.721. The molecule has 0 rings (SSSR count). The minimum atomic E-state index is -0.875. The minimum absolute atomic E-state index is 0.0584. The Morgan fingerprint density at radius 3 is 2.36 bits per heavy atom. The molecule has 0 aliphatic carbocycles. The normalized spacial score (nSPS) is 8.86. The molecule has 0 amide bonds. The quantitative estimate of drug-likeness (QED) is 0.296. The molecule has 0 aromatic rings. The molecule has 5 nitrogen and oxygen atoms in total. The lowest BCUT2D eigenvalue weighted by Crippen LogP contribution is -2.10. The summed E-state index contributed by atoms with van der Waals surface area (Å²) in [5.74, 6) is -2.05. The second-order valence-electron chi connectivity index (χ2n) is 2.31. The van der Waals surface area contributed by atoms with Crippen molar-refractivity contribution in [1.82, 2.24) is 0 Å². The van der Waals surface area contributed by atoms with Gasteiger partial charge in [0.05, 0.1) is 13.2 Å². The Balaban J connectivity index is 3.38. The standard InChI is InChI=1S/C9H12O5/c1-3-8(11)13-5-4-6-14-9(12)7(2)10/h3,10H,1-2,4-6H2. The van der Waals surface area contributed by atoms with Crippen molar-refractivity contribution in [2.75, 3.05) is 13.2 Å². The summed E-state index contributed by atoms with van der Waals surface area (Å²) in [5.41, 5.74) is 0. The Morgan fingerprint density at radius 2 is 1.86 bits per heavy atom. The Bertz CT molecular complexity index is 244. The summed E-state index contributed by atoms with van der Waals surface area (Å²) < 4.78 is 9.11. The Hall–Kier alpha value is -1.78. The van der Waals surface area contributed by atoms with E-state index in [1.54, 1.807) is 0 Å². The molecule has 0 spiro atoms. The fourth-order valence-corrected chi connectivity index (χ4v) is 0.539. The number of ether oxygens (including phenoxy) is 2. The van der Waals surface area contributed by atoms with Crippen molar-refractivity contribution < 1.29 is 24.2 Å². The van der Waals surface area contributed by atoms with Crippen LogP contribution in [0.1, 0.15) is 6.42 Å². The van der Waals surface area contributed by atoms with Crippen molar-refractivity contribution in [1.29, 1.82) is 0 Å². The number of carbonyl (C=O) groups excluding carboxylic acids is 2. The molecular formula is C9H12O5. The highest BCUT2D eigenvalue weighted by molar-refractivity contribution is 5.84. The maximum atomic E-state index is 10.6. The molecule has 0 radical (unpaired) electrons. The fraction of sp³-hybridized carbons (Fsp3) is 0.333. The highest BCUT2D eigenvalue weighted by atomic mass is 16.6. The second-order valence-corrected chi connectivity index (χ2v) is 2.31. The van der Waals surface area contributed by atoms with Gasteiger partial charge in [0.2, 0.25) is 0 Å². The lowest BCUT2D eigenvalue weighted by molar-refractivity contribution is -0.143. The molecule has 14 heavy (non-hydrogen) atoms. The van der Waals surface area contributed by atoms with Crippen molar-refractivity contribution in [3.63, 3.8) is 0 Å². The highest BCUT2D eigenvalue weighted by Gasteiger charge is 2.05. The van der Waals surface area contributed by atoms with Gasteiger partial charge in [-0.1, -0.05) is 6.58 Å². The average molecular weight is 200 g/mol. The molecule has 0 heterocycles. The molecule has 0 aromatic heterocycles. The van der Waals surface area contributed by atoms with Crippen LogP contribution in [0, 0.1) is 0 Å². The van der Waals surface area contributed by atoms with E-state index in [0.29, 0.717) is 6.42 Å². The molecule has 0 saturated carbocycles. The highest BCUT2D eigenvalue weighted by Crippen LogP contribution is 1.91. The zero-order valence-corrected chi connectivity index (χ0v) is 7.69. The van der Waals surface area contributed by atoms with Crippen LogP contribution in [0.3, 0.4) is 0 Å². The summed E-state index contributed by atoms with van der Waals surface area (Å²) in [6.07, 6.45) is 1.40. The number of aliphatic hydroxyl groups is 1. The summed E-state index contributed by atoms with van der Waals surface area (Å²) in [5, 5.41) is 8.54. The second kappa shape index (κ2) is 6.71. The molecule has 0 aliphatic rings. The molecule has 0 unspecified atom stereocenters. The molecule has 0 bridgehead atoms. The van der Waals surface area contributed by atoms with Crippen molar-refractivity contribution in [2.24, 2.45) is 0 Å². The van der Waals surface area contributed by atoms with Crippen LogP contribution in [0.4, 0.5) is 0 Å². The third-order valence-corrected chi connectivity index (χ3v) is 1.17. The maximum Gasteiger partial charge on any atom is 0.372 e. The molecule has 5 heteroatoms. The number of hydrogen-bond acceptors (Lipinski definition) is 5. The molecule has 0 fully saturated rings. The third-order valence-electron chi connectivity index (χ3n) is 1.17. The third kappa shape index (κ3) is 5.82. The average Bonchev–Trinajstić information content (AvgIpc) is 2.16. The fourth-order valence-electron chi connectivity index (χ4n) is 0.539. The van der Waals surface area contributed by atoms with Gasteiger partial charge in [-0.3, -0.25) is 0 Å². The Kier molecular flexibility index (Phi) is 5.85. The van der Waals surface area contributed by atoms with Gasteiger partial charge in [0.25, 0.3) is 0 Å². The van der Waals surface area contributed by atoms with E-state index >= 15 is 0 Å². The number of carbonyl (C=O) groups is 2. The molecule has 78 valence electrons. The molecule has 0 aliphatic heterocycles. The van der Waals surface area contributed by atoms with Gasteiger partial charge in [0.15, 0.2) is 5.76 Å². The minimum Gasteiger partial charge on any atom is -0.502 e. The summed E-state index contributed by atoms with van der Waals surface area (Å²) in [4.78, 5) is 21.1. The number of aliphatic hydroxyl groups excluding tert-OH is 1. The van der Waals surface area contributed by atoms with Crippen LogP contribution >= 0.6 is 0 Å². The van der Waals surface area contributed by atoms with Gasteiger partial charge in [-0.2, -0.15) is 0 Å². The topological polar surface area (TPSA) is 72.8 Å². The van der Waals surface area contributed by atoms with E-state index in [1.165, 1.54) is 0 Å². The molecule has 1 N–H and O–H groups in total. The van der Waals surface area contributed by atoms with Crippen LogP contribution in [0.5, 0.6) is 0 Å². The lowest BCUT2D eigenvalue weighted by atomic mass is 10.5. The first-order chi connectivity index (χ1) is 6.57. The monoisotopic (exact) mass is 200 g/mol. The van der Waals surface area contributed by atoms with Crippen LogP contribution in [-0.2, 0) is 19.1 Å². The van der Waals surface area contributed by atoms with E-state index in [-0.39, 0.29) is 13.2 Å². The first-order valence-electron chi connectivity index (χ1n) is 3.92. The van der Waals surface area contributed by atoms with Crippen LogP contribution in [-0.4, -0.2) is 30.3 Å². The summed E-state index contributed by atoms with van der Waals surface area (Å²) in [6, 6.07) is 0. The number of esters is 2. The number of hydrogen-bond donors (Lipinski definition) is 1. The molecular weight excluding hydrogens is 188 g/mol. The van der Waals surface area contributed by atoms with Crippen LogP contribution in [0.15, 0.2) is 25.0 Å². The van der Waals surface area contributed by atoms with Crippen molar-refractivity contribution in [3.05, 3.63) is 25.0 Å². The van der Waals surface area contributed by atoms with E-state index in [4.69, 9.17) is 5.11 Å². The van der Waals surface area contributed by atoms with E-state index in [0.717, 1.165) is 6.08 Å². The Labute approximate surface area is 81.6 Å². The first-order valence-corrected chi connectivity index (χ1v) is 3.92. The van der Waals surface area contributed by atoms with Gasteiger partial charge >= 0.3 is 11.9 Å². The Morgan fingerprint density at radius 1 is 1.29 bits per heavy atom. The largest absolute Gasteiger partial charge is 0.502 e. The van der Waals surface area contributed by atoms with Crippen molar-refractivity contribution in [2.45, 2.75) is 6.42 Å². The van der Waals surface area contributed by atoms with Gasteiger partial charge in [0.1, 0.15) is 0 Å². The molecule has 0 atom stereocenters. The summed E-state index contributed by atoms with van der Waals surface area (Å²) in [6.45, 7) is 6.38. The van der Waals surface area contributed by atoms with Gasteiger partial charge in [-0.25, -0.2) is 9.59 Å². The SMILES string of the molecule is C=CC(=O)OCCCOC(=O)C(=C)O. The zero-order chi connectivity index (χ0) is 11.0. The lowest BCUT2D eigenvalue weighted by Gasteiger charge is -2.03. The van der Waals surface area contributed by atoms with E-state index in [9.17, 15) is 9.59 Å². The zero-order valence-electron chi connectivity index (χ0n) is 7.69. The van der Waals surface area contributed by atoms with Crippen LogP contribution < -0.4 is 0 Å². The predicted molar refractivity (Wildman–Crippen MR) is 48.5 cm³/mol. The summed E-state index contributed by atoms with van der Waals surface area (Å²) >= 11 is 0. The van der Waals surface area contributed by atoms with E-state index < -0.39 is 17.7 Å². The summed E-state index contributed by atoms with van der Waals surface area (Å²) in [7, 11) is 0. The first kappa shape index (κ1) is 12.2. The van der Waals surface area contributed by atoms with Gasteiger partial charge < -0.3 is 14.6 Å². The van der Waals surface area contributed by atoms with Crippen molar-refractivity contribution in [3.8, 4) is 0 Å². The molecule has 0 saturated heterocycles. The van der Waals surface area contributed by atoms with Gasteiger partial charge in [-0.05, 0) is 6.58 Å². The van der Waals surface area contributed by atoms with Gasteiger partial charge in [0, 0.05) is 12.5 Å². The molecule has 0 aromatic carbocycles. The van der Waals surface area contributed by atoms with Crippen LogP contribution in [0.2, 0.25) is 0 Å². The smallest absolute Gasteiger partial charge is 0.372 e. The van der Waals surface area contributed by atoms with Gasteiger partial charge in [-0.15, -0.1) is 0 Å².